The maximum Gasteiger partial charge on any atom is 0.374 e. The number of rotatable bonds is 4. The van der Waals surface area contributed by atoms with Crippen molar-refractivity contribution in [3.63, 3.8) is 0 Å². The molecule has 4 rings (SSSR count). The summed E-state index contributed by atoms with van der Waals surface area (Å²) < 4.78 is 10.3. The highest BCUT2D eigenvalue weighted by Crippen LogP contribution is 2.32. The number of hydrazine groups is 1. The third-order valence-electron chi connectivity index (χ3n) is 5.07. The lowest BCUT2D eigenvalue weighted by molar-refractivity contribution is -0.140. The average Bonchev–Trinajstić information content (AvgIpc) is 3.22. The van der Waals surface area contributed by atoms with E-state index in [0.717, 1.165) is 24.6 Å². The van der Waals surface area contributed by atoms with Crippen molar-refractivity contribution in [3.05, 3.63) is 36.1 Å². The maximum atomic E-state index is 12.6. The molecule has 9 heteroatoms. The Morgan fingerprint density at radius 2 is 1.93 bits per heavy atom. The first kappa shape index (κ1) is 18.0. The number of ether oxygens (including phenoxy) is 1. The van der Waals surface area contributed by atoms with Crippen LogP contribution in [0.5, 0.6) is 0 Å². The molecular formula is C19H19N3O6. The zero-order chi connectivity index (χ0) is 19.7. The molecule has 2 N–H and O–H groups in total. The van der Waals surface area contributed by atoms with Crippen LogP contribution in [-0.4, -0.2) is 41.0 Å². The highest BCUT2D eigenvalue weighted by Gasteiger charge is 2.52. The zero-order valence-corrected chi connectivity index (χ0v) is 15.0. The van der Waals surface area contributed by atoms with Crippen molar-refractivity contribution in [1.82, 2.24) is 15.8 Å². The van der Waals surface area contributed by atoms with Crippen LogP contribution >= 0.6 is 0 Å². The Morgan fingerprint density at radius 3 is 2.68 bits per heavy atom. The van der Waals surface area contributed by atoms with Crippen LogP contribution in [0.15, 0.2) is 34.7 Å². The van der Waals surface area contributed by atoms with Gasteiger partial charge in [-0.2, -0.15) is 5.01 Å². The molecule has 1 aliphatic heterocycles. The molecule has 2 heterocycles. The smallest absolute Gasteiger partial charge is 0.374 e. The molecule has 1 aromatic carbocycles. The number of esters is 1. The molecule has 4 amide bonds. The minimum atomic E-state index is -0.937. The number of imide groups is 1. The highest BCUT2D eigenvalue weighted by atomic mass is 16.5. The second-order valence-corrected chi connectivity index (χ2v) is 6.97. The molecule has 2 aliphatic rings. The van der Waals surface area contributed by atoms with Gasteiger partial charge in [-0.15, -0.1) is 0 Å². The van der Waals surface area contributed by atoms with E-state index in [9.17, 15) is 19.2 Å². The lowest BCUT2D eigenvalue weighted by atomic mass is 9.82. The number of para-hydroxylation sites is 1. The van der Waals surface area contributed by atoms with Gasteiger partial charge in [-0.25, -0.2) is 9.59 Å². The topological polar surface area (TPSA) is 118 Å². The van der Waals surface area contributed by atoms with Gasteiger partial charge in [0.2, 0.25) is 5.76 Å². The lowest BCUT2D eigenvalue weighted by Crippen LogP contribution is -2.51. The highest BCUT2D eigenvalue weighted by molar-refractivity contribution is 6.08. The minimum absolute atomic E-state index is 0.0369. The fourth-order valence-corrected chi connectivity index (χ4v) is 3.66. The van der Waals surface area contributed by atoms with Gasteiger partial charge in [0.25, 0.3) is 11.8 Å². The summed E-state index contributed by atoms with van der Waals surface area (Å²) in [6.07, 6.45) is 3.77. The molecule has 0 bridgehead atoms. The number of furan rings is 1. The van der Waals surface area contributed by atoms with Crippen LogP contribution in [0, 0.1) is 0 Å². The molecule has 1 saturated carbocycles. The van der Waals surface area contributed by atoms with E-state index in [0.29, 0.717) is 23.4 Å². The van der Waals surface area contributed by atoms with Crippen molar-refractivity contribution < 1.29 is 28.3 Å². The molecule has 28 heavy (non-hydrogen) atoms. The predicted molar refractivity (Wildman–Crippen MR) is 95.8 cm³/mol. The Balaban J connectivity index is 1.34. The Bertz CT molecular complexity index is 926. The van der Waals surface area contributed by atoms with Gasteiger partial charge in [0.1, 0.15) is 11.1 Å². The molecule has 1 saturated heterocycles. The first-order valence-corrected chi connectivity index (χ1v) is 9.10. The molecular weight excluding hydrogens is 366 g/mol. The number of nitrogens with one attached hydrogen (secondary N) is 2. The van der Waals surface area contributed by atoms with E-state index < -0.39 is 36.0 Å². The van der Waals surface area contributed by atoms with Gasteiger partial charge in [-0.1, -0.05) is 37.5 Å². The van der Waals surface area contributed by atoms with E-state index in [1.165, 1.54) is 6.07 Å². The van der Waals surface area contributed by atoms with E-state index in [1.54, 1.807) is 24.3 Å². The molecule has 9 nitrogen and oxygen atoms in total. The van der Waals surface area contributed by atoms with Crippen LogP contribution in [0.25, 0.3) is 11.0 Å². The molecule has 1 aliphatic carbocycles. The van der Waals surface area contributed by atoms with Crippen molar-refractivity contribution >= 4 is 34.8 Å². The van der Waals surface area contributed by atoms with Crippen LogP contribution in [0.1, 0.15) is 42.7 Å². The summed E-state index contributed by atoms with van der Waals surface area (Å²) in [6.45, 7) is -0.653. The number of carbonyl (C=O) groups excluding carboxylic acids is 4. The normalized spacial score (nSPS) is 18.4. The molecule has 2 aromatic rings. The molecule has 0 unspecified atom stereocenters. The van der Waals surface area contributed by atoms with E-state index in [2.05, 4.69) is 10.7 Å². The summed E-state index contributed by atoms with van der Waals surface area (Å²) >= 11 is 0. The number of fused-ring (bicyclic) bond motifs is 1. The number of hydrogen-bond acceptors (Lipinski definition) is 6. The van der Waals surface area contributed by atoms with Crippen LogP contribution in [0.3, 0.4) is 0 Å². The quantitative estimate of drug-likeness (QED) is 0.613. The van der Waals surface area contributed by atoms with Crippen molar-refractivity contribution in [2.24, 2.45) is 0 Å². The molecule has 0 radical (unpaired) electrons. The second-order valence-electron chi connectivity index (χ2n) is 6.97. The maximum absolute atomic E-state index is 12.6. The Kier molecular flexibility index (Phi) is 4.50. The SMILES string of the molecule is O=C(COC(=O)c1cc2ccccc2o1)NN1C(=O)NC2(CCCCC2)C1=O. The standard InChI is InChI=1S/C19H19N3O6/c23-15(11-27-16(24)14-10-12-6-2-3-7-13(12)28-14)21-22-17(25)19(20-18(22)26)8-4-1-5-9-19/h2-3,6-7,10H,1,4-5,8-9,11H2,(H,20,26)(H,21,23). The third kappa shape index (κ3) is 3.19. The van der Waals surface area contributed by atoms with Gasteiger partial charge in [0.05, 0.1) is 0 Å². The predicted octanol–water partition coefficient (Wildman–Crippen LogP) is 1.88. The second kappa shape index (κ2) is 6.99. The first-order chi connectivity index (χ1) is 13.5. The first-order valence-electron chi connectivity index (χ1n) is 9.10. The fourth-order valence-electron chi connectivity index (χ4n) is 3.66. The number of carbonyl (C=O) groups is 4. The number of urea groups is 1. The summed E-state index contributed by atoms with van der Waals surface area (Å²) in [4.78, 5) is 48.8. The van der Waals surface area contributed by atoms with Gasteiger partial charge in [-0.3, -0.25) is 15.0 Å². The molecule has 1 spiro atoms. The summed E-state index contributed by atoms with van der Waals surface area (Å²) in [6, 6.07) is 7.89. The Labute approximate surface area is 159 Å². The summed E-state index contributed by atoms with van der Waals surface area (Å²) in [7, 11) is 0. The number of benzene rings is 1. The van der Waals surface area contributed by atoms with Gasteiger partial charge in [0.15, 0.2) is 6.61 Å². The number of hydrogen-bond donors (Lipinski definition) is 2. The van der Waals surface area contributed by atoms with Crippen LogP contribution < -0.4 is 10.7 Å². The summed E-state index contributed by atoms with van der Waals surface area (Å²) in [5, 5.41) is 4.08. The van der Waals surface area contributed by atoms with Crippen molar-refractivity contribution in [2.45, 2.75) is 37.6 Å². The van der Waals surface area contributed by atoms with Crippen LogP contribution in [-0.2, 0) is 14.3 Å². The van der Waals surface area contributed by atoms with E-state index in [1.807, 2.05) is 0 Å². The Hall–Kier alpha value is -3.36. The van der Waals surface area contributed by atoms with E-state index in [4.69, 9.17) is 9.15 Å². The minimum Gasteiger partial charge on any atom is -0.450 e. The van der Waals surface area contributed by atoms with Gasteiger partial charge in [-0.05, 0) is 25.0 Å². The van der Waals surface area contributed by atoms with Crippen molar-refractivity contribution in [2.75, 3.05) is 6.61 Å². The van der Waals surface area contributed by atoms with Crippen LogP contribution in [0.4, 0.5) is 4.79 Å². The van der Waals surface area contributed by atoms with Gasteiger partial charge < -0.3 is 14.5 Å². The monoisotopic (exact) mass is 385 g/mol. The zero-order valence-electron chi connectivity index (χ0n) is 15.0. The van der Waals surface area contributed by atoms with Crippen molar-refractivity contribution in [1.29, 1.82) is 0 Å². The summed E-state index contributed by atoms with van der Waals surface area (Å²) in [5.74, 6) is -2.12. The molecule has 146 valence electrons. The average molecular weight is 385 g/mol. The number of nitrogens with zero attached hydrogens (tertiary/aromatic N) is 1. The largest absolute Gasteiger partial charge is 0.450 e. The van der Waals surface area contributed by atoms with Crippen molar-refractivity contribution in [3.8, 4) is 0 Å². The number of amides is 4. The Morgan fingerprint density at radius 1 is 1.18 bits per heavy atom. The molecule has 0 atom stereocenters. The molecule has 2 fully saturated rings. The third-order valence-corrected chi connectivity index (χ3v) is 5.07. The fraction of sp³-hybridized carbons (Fsp3) is 0.368. The summed E-state index contributed by atoms with van der Waals surface area (Å²) in [5.41, 5.74) is 1.80. The van der Waals surface area contributed by atoms with E-state index in [-0.39, 0.29) is 5.76 Å². The van der Waals surface area contributed by atoms with Crippen LogP contribution in [0.2, 0.25) is 0 Å². The van der Waals surface area contributed by atoms with E-state index >= 15 is 0 Å². The van der Waals surface area contributed by atoms with Gasteiger partial charge in [0, 0.05) is 5.39 Å². The molecule has 1 aromatic heterocycles. The lowest BCUT2D eigenvalue weighted by Gasteiger charge is -2.30. The van der Waals surface area contributed by atoms with Gasteiger partial charge >= 0.3 is 12.0 Å².